The molecule has 2 amide bonds. The molecular weight excluding hydrogens is 358 g/mol. The summed E-state index contributed by atoms with van der Waals surface area (Å²) in [4.78, 5) is 41.8. The van der Waals surface area contributed by atoms with E-state index in [0.29, 0.717) is 11.8 Å². The number of carbonyl (C=O) groups is 2. The van der Waals surface area contributed by atoms with E-state index < -0.39 is 0 Å². The molecule has 0 bridgehead atoms. The molecule has 2 aliphatic carbocycles. The second-order valence-electron chi connectivity index (χ2n) is 8.83. The minimum atomic E-state index is -0.269. The quantitative estimate of drug-likeness (QED) is 0.697. The van der Waals surface area contributed by atoms with Gasteiger partial charge in [-0.15, -0.1) is 0 Å². The number of aryl methyl sites for hydroxylation is 1. The number of nitrogens with zero attached hydrogens (tertiary/aromatic N) is 5. The number of carbonyl (C=O) groups excluding carboxylic acids is 2. The molecule has 0 N–H and O–H groups in total. The first-order valence-corrected chi connectivity index (χ1v) is 10.6. The molecule has 8 nitrogen and oxygen atoms in total. The summed E-state index contributed by atoms with van der Waals surface area (Å²) in [6, 6.07) is 0.147. The Bertz CT molecular complexity index is 797. The molecule has 0 aromatic carbocycles. The van der Waals surface area contributed by atoms with Gasteiger partial charge in [0.1, 0.15) is 12.9 Å². The third-order valence-corrected chi connectivity index (χ3v) is 6.82. The lowest BCUT2D eigenvalue weighted by molar-refractivity contribution is -0.140. The van der Waals surface area contributed by atoms with Gasteiger partial charge in [-0.2, -0.15) is 5.10 Å². The van der Waals surface area contributed by atoms with Crippen LogP contribution in [0.1, 0.15) is 51.9 Å². The third-order valence-electron chi connectivity index (χ3n) is 6.82. The first-order chi connectivity index (χ1) is 13.4. The molecule has 0 unspecified atom stereocenters. The number of rotatable bonds is 7. The summed E-state index contributed by atoms with van der Waals surface area (Å²) in [5.41, 5.74) is -0.356. The van der Waals surface area contributed by atoms with E-state index in [1.165, 1.54) is 28.4 Å². The van der Waals surface area contributed by atoms with Crippen LogP contribution in [0.25, 0.3) is 0 Å². The maximum absolute atomic E-state index is 13.0. The average Bonchev–Trinajstić information content (AvgIpc) is 3.62. The highest BCUT2D eigenvalue weighted by Gasteiger charge is 2.50. The predicted octanol–water partition coefficient (Wildman–Crippen LogP) is 1.00. The maximum Gasteiger partial charge on any atom is 0.345 e. The number of likely N-dealkylation sites (tertiary alicyclic amines) is 1. The van der Waals surface area contributed by atoms with Gasteiger partial charge in [0.05, 0.1) is 0 Å². The highest BCUT2D eigenvalue weighted by molar-refractivity contribution is 5.85. The van der Waals surface area contributed by atoms with Gasteiger partial charge in [-0.25, -0.2) is 9.48 Å². The van der Waals surface area contributed by atoms with Crippen LogP contribution < -0.4 is 5.69 Å². The van der Waals surface area contributed by atoms with Crippen molar-refractivity contribution < 1.29 is 9.59 Å². The van der Waals surface area contributed by atoms with E-state index in [2.05, 4.69) is 12.0 Å². The van der Waals surface area contributed by atoms with Crippen molar-refractivity contribution in [1.29, 1.82) is 0 Å². The lowest BCUT2D eigenvalue weighted by Gasteiger charge is -2.39. The fourth-order valence-corrected chi connectivity index (χ4v) is 4.37. The number of hydrogen-bond donors (Lipinski definition) is 0. The SMILES string of the molecule is CCC1(C(=O)N2CCC(N(CC3CC3)C(=O)Cn3ncn(C)c3=O)CC2)CC1. The summed E-state index contributed by atoms with van der Waals surface area (Å²) in [6.07, 6.45) is 8.39. The molecule has 154 valence electrons. The van der Waals surface area contributed by atoms with Crippen molar-refractivity contribution in [2.45, 2.75) is 64.5 Å². The molecule has 1 aromatic heterocycles. The van der Waals surface area contributed by atoms with Gasteiger partial charge in [0.25, 0.3) is 0 Å². The van der Waals surface area contributed by atoms with Crippen molar-refractivity contribution in [3.05, 3.63) is 16.8 Å². The summed E-state index contributed by atoms with van der Waals surface area (Å²) in [5, 5.41) is 4.02. The number of amides is 2. The Hall–Kier alpha value is -2.12. The summed E-state index contributed by atoms with van der Waals surface area (Å²) >= 11 is 0. The second-order valence-corrected chi connectivity index (χ2v) is 8.83. The van der Waals surface area contributed by atoms with Gasteiger partial charge in [-0.05, 0) is 50.9 Å². The first kappa shape index (κ1) is 19.2. The molecular formula is C20H31N5O3. The molecule has 0 radical (unpaired) electrons. The molecule has 0 spiro atoms. The fourth-order valence-electron chi connectivity index (χ4n) is 4.37. The van der Waals surface area contributed by atoms with Crippen LogP contribution in [0.4, 0.5) is 0 Å². The molecule has 2 heterocycles. The van der Waals surface area contributed by atoms with E-state index in [9.17, 15) is 14.4 Å². The van der Waals surface area contributed by atoms with Crippen molar-refractivity contribution in [3.63, 3.8) is 0 Å². The average molecular weight is 390 g/mol. The van der Waals surface area contributed by atoms with Crippen LogP contribution in [0.15, 0.2) is 11.1 Å². The largest absolute Gasteiger partial charge is 0.345 e. The Morgan fingerprint density at radius 1 is 1.21 bits per heavy atom. The molecule has 3 aliphatic rings. The normalized spacial score (nSPS) is 21.6. The molecule has 4 rings (SSSR count). The van der Waals surface area contributed by atoms with Gasteiger partial charge >= 0.3 is 5.69 Å². The summed E-state index contributed by atoms with van der Waals surface area (Å²) in [7, 11) is 1.63. The minimum absolute atomic E-state index is 0.00944. The Morgan fingerprint density at radius 3 is 2.39 bits per heavy atom. The zero-order valence-corrected chi connectivity index (χ0v) is 17.0. The van der Waals surface area contributed by atoms with E-state index in [4.69, 9.17) is 0 Å². The highest BCUT2D eigenvalue weighted by Crippen LogP contribution is 2.50. The van der Waals surface area contributed by atoms with Crippen LogP contribution >= 0.6 is 0 Å². The Kier molecular flexibility index (Phi) is 5.05. The Balaban J connectivity index is 1.39. The number of aromatic nitrogens is 3. The monoisotopic (exact) mass is 389 g/mol. The van der Waals surface area contributed by atoms with Gasteiger partial charge in [0, 0.05) is 38.1 Å². The van der Waals surface area contributed by atoms with Crippen LogP contribution in [0.2, 0.25) is 0 Å². The Labute approximate surface area is 165 Å². The van der Waals surface area contributed by atoms with Gasteiger partial charge in [-0.3, -0.25) is 14.2 Å². The zero-order chi connectivity index (χ0) is 19.9. The lowest BCUT2D eigenvalue weighted by Crippen LogP contribution is -2.51. The van der Waals surface area contributed by atoms with Crippen molar-refractivity contribution in [2.24, 2.45) is 18.4 Å². The smallest absolute Gasteiger partial charge is 0.342 e. The van der Waals surface area contributed by atoms with Gasteiger partial charge in [-0.1, -0.05) is 6.92 Å². The van der Waals surface area contributed by atoms with E-state index in [-0.39, 0.29) is 29.6 Å². The van der Waals surface area contributed by atoms with Gasteiger partial charge in [0.2, 0.25) is 11.8 Å². The summed E-state index contributed by atoms with van der Waals surface area (Å²) in [6.45, 7) is 4.31. The van der Waals surface area contributed by atoms with E-state index in [0.717, 1.165) is 51.7 Å². The molecule has 3 fully saturated rings. The zero-order valence-electron chi connectivity index (χ0n) is 17.0. The van der Waals surface area contributed by atoms with E-state index in [1.54, 1.807) is 7.05 Å². The van der Waals surface area contributed by atoms with E-state index >= 15 is 0 Å². The first-order valence-electron chi connectivity index (χ1n) is 10.6. The van der Waals surface area contributed by atoms with Gasteiger partial charge < -0.3 is 9.80 Å². The number of hydrogen-bond acceptors (Lipinski definition) is 4. The van der Waals surface area contributed by atoms with Crippen molar-refractivity contribution >= 4 is 11.8 Å². The number of piperidine rings is 1. The lowest BCUT2D eigenvalue weighted by atomic mass is 9.97. The second kappa shape index (κ2) is 7.37. The third kappa shape index (κ3) is 3.73. The highest BCUT2D eigenvalue weighted by atomic mass is 16.2. The van der Waals surface area contributed by atoms with Crippen LogP contribution in [-0.2, 0) is 23.2 Å². The van der Waals surface area contributed by atoms with Crippen LogP contribution in [-0.4, -0.2) is 61.6 Å². The summed E-state index contributed by atoms with van der Waals surface area (Å²) in [5.74, 6) is 0.858. The van der Waals surface area contributed by atoms with Crippen LogP contribution in [0.5, 0.6) is 0 Å². The van der Waals surface area contributed by atoms with Gasteiger partial charge in [0.15, 0.2) is 0 Å². The molecule has 8 heteroatoms. The molecule has 1 saturated heterocycles. The molecule has 2 saturated carbocycles. The molecule has 28 heavy (non-hydrogen) atoms. The molecule has 1 aliphatic heterocycles. The van der Waals surface area contributed by atoms with Crippen LogP contribution in [0.3, 0.4) is 0 Å². The predicted molar refractivity (Wildman–Crippen MR) is 103 cm³/mol. The van der Waals surface area contributed by atoms with Crippen molar-refractivity contribution in [1.82, 2.24) is 24.1 Å². The van der Waals surface area contributed by atoms with Crippen molar-refractivity contribution in [2.75, 3.05) is 19.6 Å². The fraction of sp³-hybridized carbons (Fsp3) is 0.800. The molecule has 0 atom stereocenters. The van der Waals surface area contributed by atoms with E-state index in [1.807, 2.05) is 9.80 Å². The van der Waals surface area contributed by atoms with Crippen LogP contribution in [0, 0.1) is 11.3 Å². The summed E-state index contributed by atoms with van der Waals surface area (Å²) < 4.78 is 2.61. The Morgan fingerprint density at radius 2 is 1.89 bits per heavy atom. The molecule has 1 aromatic rings. The minimum Gasteiger partial charge on any atom is -0.342 e. The van der Waals surface area contributed by atoms with Crippen molar-refractivity contribution in [3.8, 4) is 0 Å². The topological polar surface area (TPSA) is 80.4 Å². The maximum atomic E-state index is 13.0. The standard InChI is InChI=1S/C20H31N5O3/c1-3-20(8-9-20)18(27)23-10-6-16(7-11-23)24(12-15-4-5-15)17(26)13-25-19(28)22(2)14-21-25/h14-16H,3-13H2,1-2H3.